The van der Waals surface area contributed by atoms with Crippen molar-refractivity contribution in [3.05, 3.63) is 90.4 Å². The van der Waals surface area contributed by atoms with Gasteiger partial charge in [0.15, 0.2) is 0 Å². The number of H-pyrrole nitrogens is 1. The number of carbonyl (C=O) groups is 1. The number of nitrogens with zero attached hydrogens (tertiary/aromatic N) is 5. The summed E-state index contributed by atoms with van der Waals surface area (Å²) in [7, 11) is 0. The van der Waals surface area contributed by atoms with E-state index in [-0.39, 0.29) is 5.91 Å². The average molecular weight is 395 g/mol. The van der Waals surface area contributed by atoms with Crippen LogP contribution in [0, 0.1) is 0 Å². The molecular formula is C22H17N7O. The molecule has 0 bridgehead atoms. The summed E-state index contributed by atoms with van der Waals surface area (Å²) in [6.07, 6.45) is 5.05. The number of para-hydroxylation sites is 1. The van der Waals surface area contributed by atoms with Crippen molar-refractivity contribution in [2.45, 2.75) is 6.54 Å². The molecule has 2 N–H and O–H groups in total. The number of rotatable bonds is 5. The lowest BCUT2D eigenvalue weighted by atomic mass is 10.2. The number of benzene rings is 2. The lowest BCUT2D eigenvalue weighted by Gasteiger charge is -2.06. The third kappa shape index (κ3) is 3.42. The van der Waals surface area contributed by atoms with Gasteiger partial charge in [0, 0.05) is 29.9 Å². The molecule has 0 atom stereocenters. The fraction of sp³-hybridized carbons (Fsp3) is 0.0455. The van der Waals surface area contributed by atoms with Gasteiger partial charge in [0.2, 0.25) is 0 Å². The van der Waals surface area contributed by atoms with Crippen molar-refractivity contribution in [1.29, 1.82) is 0 Å². The fourth-order valence-electron chi connectivity index (χ4n) is 3.21. The Balaban J connectivity index is 1.30. The van der Waals surface area contributed by atoms with Gasteiger partial charge >= 0.3 is 0 Å². The Bertz CT molecular complexity index is 1310. The standard InChI is InChI=1S/C22H17N7O/c30-22(16-9-11-23-12-10-16)24-13-15-5-7-17(8-6-15)29-14-20(26-28-29)21-18-3-1-2-4-19(18)25-27-21/h1-12,14H,13H2,(H,24,30)(H,25,27). The van der Waals surface area contributed by atoms with Crippen molar-refractivity contribution in [3.63, 3.8) is 0 Å². The summed E-state index contributed by atoms with van der Waals surface area (Å²) < 4.78 is 1.71. The number of aromatic amines is 1. The molecule has 30 heavy (non-hydrogen) atoms. The molecule has 0 radical (unpaired) electrons. The summed E-state index contributed by atoms with van der Waals surface area (Å²) in [5.41, 5.74) is 4.87. The van der Waals surface area contributed by atoms with Crippen LogP contribution in [0.3, 0.4) is 0 Å². The number of aromatic nitrogens is 6. The number of fused-ring (bicyclic) bond motifs is 1. The van der Waals surface area contributed by atoms with E-state index >= 15 is 0 Å². The average Bonchev–Trinajstić information content (AvgIpc) is 3.45. The summed E-state index contributed by atoms with van der Waals surface area (Å²) in [5.74, 6) is -0.131. The molecule has 2 aromatic carbocycles. The molecule has 0 saturated carbocycles. The Morgan fingerprint density at radius 2 is 1.80 bits per heavy atom. The minimum absolute atomic E-state index is 0.131. The van der Waals surface area contributed by atoms with Crippen LogP contribution < -0.4 is 5.32 Å². The highest BCUT2D eigenvalue weighted by Gasteiger charge is 2.12. The van der Waals surface area contributed by atoms with Gasteiger partial charge in [0.1, 0.15) is 11.4 Å². The lowest BCUT2D eigenvalue weighted by Crippen LogP contribution is -2.22. The van der Waals surface area contributed by atoms with Crippen molar-refractivity contribution in [2.24, 2.45) is 0 Å². The minimum atomic E-state index is -0.131. The quantitative estimate of drug-likeness (QED) is 0.476. The van der Waals surface area contributed by atoms with E-state index in [1.807, 2.05) is 54.7 Å². The van der Waals surface area contributed by atoms with E-state index in [4.69, 9.17) is 0 Å². The van der Waals surface area contributed by atoms with Crippen molar-refractivity contribution >= 4 is 16.8 Å². The van der Waals surface area contributed by atoms with E-state index in [0.717, 1.165) is 27.8 Å². The molecule has 5 aromatic rings. The molecule has 8 heteroatoms. The number of nitrogens with one attached hydrogen (secondary N) is 2. The first-order chi connectivity index (χ1) is 14.8. The van der Waals surface area contributed by atoms with Crippen molar-refractivity contribution in [2.75, 3.05) is 0 Å². The van der Waals surface area contributed by atoms with E-state index in [0.29, 0.717) is 17.8 Å². The Morgan fingerprint density at radius 3 is 2.63 bits per heavy atom. The van der Waals surface area contributed by atoms with Crippen molar-refractivity contribution < 1.29 is 4.79 Å². The van der Waals surface area contributed by atoms with Gasteiger partial charge in [-0.1, -0.05) is 35.5 Å². The van der Waals surface area contributed by atoms with E-state index in [9.17, 15) is 4.79 Å². The highest BCUT2D eigenvalue weighted by atomic mass is 16.1. The molecule has 0 fully saturated rings. The van der Waals surface area contributed by atoms with Gasteiger partial charge < -0.3 is 5.32 Å². The third-order valence-corrected chi connectivity index (χ3v) is 4.80. The Labute approximate surface area is 171 Å². The summed E-state index contributed by atoms with van der Waals surface area (Å²) >= 11 is 0. The normalized spacial score (nSPS) is 10.9. The van der Waals surface area contributed by atoms with Crippen LogP contribution in [0.4, 0.5) is 0 Å². The van der Waals surface area contributed by atoms with Crippen LogP contribution in [0.15, 0.2) is 79.3 Å². The number of hydrogen-bond acceptors (Lipinski definition) is 5. The maximum atomic E-state index is 12.1. The number of carbonyl (C=O) groups excluding carboxylic acids is 1. The van der Waals surface area contributed by atoms with Crippen molar-refractivity contribution in [1.82, 2.24) is 35.5 Å². The monoisotopic (exact) mass is 395 g/mol. The molecule has 0 saturated heterocycles. The van der Waals surface area contributed by atoms with Gasteiger partial charge in [0.05, 0.1) is 17.4 Å². The zero-order chi connectivity index (χ0) is 20.3. The number of hydrogen-bond donors (Lipinski definition) is 2. The molecule has 1 amide bonds. The Kier molecular flexibility index (Phi) is 4.49. The molecule has 8 nitrogen and oxygen atoms in total. The van der Waals surface area contributed by atoms with E-state index < -0.39 is 0 Å². The summed E-state index contributed by atoms with van der Waals surface area (Å²) in [6, 6.07) is 19.1. The topological polar surface area (TPSA) is 101 Å². The zero-order valence-electron chi connectivity index (χ0n) is 15.9. The maximum absolute atomic E-state index is 12.1. The van der Waals surface area contributed by atoms with Gasteiger partial charge in [0.25, 0.3) is 5.91 Å². The SMILES string of the molecule is O=C(NCc1ccc(-n2cc(-c3n[nH]c4ccccc34)nn2)cc1)c1ccncc1. The van der Waals surface area contributed by atoms with Crippen LogP contribution in [-0.4, -0.2) is 36.1 Å². The summed E-state index contributed by atoms with van der Waals surface area (Å²) in [4.78, 5) is 16.1. The lowest BCUT2D eigenvalue weighted by molar-refractivity contribution is 0.0951. The van der Waals surface area contributed by atoms with Crippen LogP contribution in [0.2, 0.25) is 0 Å². The molecule has 0 spiro atoms. The number of pyridine rings is 1. The molecule has 0 aliphatic rings. The first-order valence-electron chi connectivity index (χ1n) is 9.41. The van der Waals surface area contributed by atoms with Crippen LogP contribution >= 0.6 is 0 Å². The Morgan fingerprint density at radius 1 is 1.00 bits per heavy atom. The minimum Gasteiger partial charge on any atom is -0.348 e. The molecule has 3 aromatic heterocycles. The molecular weight excluding hydrogens is 378 g/mol. The van der Waals surface area contributed by atoms with E-state index in [2.05, 4.69) is 30.8 Å². The second-order valence-electron chi connectivity index (χ2n) is 6.75. The second-order valence-corrected chi connectivity index (χ2v) is 6.75. The van der Waals surface area contributed by atoms with Gasteiger partial charge in [-0.15, -0.1) is 5.10 Å². The molecule has 0 unspecified atom stereocenters. The molecule has 0 aliphatic heterocycles. The van der Waals surface area contributed by atoms with Gasteiger partial charge in [-0.3, -0.25) is 14.9 Å². The first-order valence-corrected chi connectivity index (χ1v) is 9.41. The second kappa shape index (κ2) is 7.59. The van der Waals surface area contributed by atoms with Crippen LogP contribution in [0.1, 0.15) is 15.9 Å². The molecule has 0 aliphatic carbocycles. The van der Waals surface area contributed by atoms with Gasteiger partial charge in [-0.05, 0) is 35.9 Å². The molecule has 5 rings (SSSR count). The predicted octanol–water partition coefficient (Wildman–Crippen LogP) is 3.14. The highest BCUT2D eigenvalue weighted by molar-refractivity contribution is 5.94. The summed E-state index contributed by atoms with van der Waals surface area (Å²) in [5, 5.41) is 19.8. The third-order valence-electron chi connectivity index (χ3n) is 4.80. The fourth-order valence-corrected chi connectivity index (χ4v) is 3.21. The first kappa shape index (κ1) is 17.7. The van der Waals surface area contributed by atoms with Crippen LogP contribution in [-0.2, 0) is 6.54 Å². The molecule has 3 heterocycles. The van der Waals surface area contributed by atoms with Crippen LogP contribution in [0.25, 0.3) is 28.0 Å². The summed E-state index contributed by atoms with van der Waals surface area (Å²) in [6.45, 7) is 0.434. The van der Waals surface area contributed by atoms with Gasteiger partial charge in [-0.2, -0.15) is 5.10 Å². The van der Waals surface area contributed by atoms with Gasteiger partial charge in [-0.25, -0.2) is 4.68 Å². The van der Waals surface area contributed by atoms with E-state index in [1.165, 1.54) is 0 Å². The maximum Gasteiger partial charge on any atom is 0.251 e. The highest BCUT2D eigenvalue weighted by Crippen LogP contribution is 2.24. The zero-order valence-corrected chi connectivity index (χ0v) is 15.9. The Hall–Kier alpha value is -4.33. The molecule has 146 valence electrons. The van der Waals surface area contributed by atoms with Crippen molar-refractivity contribution in [3.8, 4) is 17.1 Å². The smallest absolute Gasteiger partial charge is 0.251 e. The largest absolute Gasteiger partial charge is 0.348 e. The number of amides is 1. The van der Waals surface area contributed by atoms with E-state index in [1.54, 1.807) is 29.2 Å². The predicted molar refractivity (Wildman–Crippen MR) is 112 cm³/mol. The van der Waals surface area contributed by atoms with Crippen LogP contribution in [0.5, 0.6) is 0 Å².